The van der Waals surface area contributed by atoms with Gasteiger partial charge in [0.2, 0.25) is 5.91 Å². The van der Waals surface area contributed by atoms with Crippen molar-refractivity contribution in [2.75, 3.05) is 13.1 Å². The van der Waals surface area contributed by atoms with Gasteiger partial charge < -0.3 is 15.2 Å². The lowest BCUT2D eigenvalue weighted by Crippen LogP contribution is -2.42. The van der Waals surface area contributed by atoms with Gasteiger partial charge in [-0.3, -0.25) is 9.59 Å². The number of primary amides is 1. The lowest BCUT2D eigenvalue weighted by atomic mass is 9.96. The fourth-order valence-electron chi connectivity index (χ4n) is 3.38. The highest BCUT2D eigenvalue weighted by Gasteiger charge is 2.30. The van der Waals surface area contributed by atoms with Gasteiger partial charge in [0.15, 0.2) is 11.5 Å². The van der Waals surface area contributed by atoms with Gasteiger partial charge in [0.05, 0.1) is 5.69 Å². The average molecular weight is 364 g/mol. The van der Waals surface area contributed by atoms with E-state index in [1.807, 2.05) is 59.4 Å². The van der Waals surface area contributed by atoms with Crippen LogP contribution in [0, 0.1) is 5.92 Å². The maximum Gasteiger partial charge on any atom is 0.278 e. The second kappa shape index (κ2) is 7.06. The molecule has 0 atom stereocenters. The molecule has 8 nitrogen and oxygen atoms in total. The molecule has 8 heteroatoms. The molecule has 1 aliphatic rings. The Kier molecular flexibility index (Phi) is 4.45. The Balaban J connectivity index is 1.68. The summed E-state index contributed by atoms with van der Waals surface area (Å²) in [6.07, 6.45) is 4.86. The highest BCUT2D eigenvalue weighted by molar-refractivity contribution is 5.95. The molecule has 2 amide bonds. The van der Waals surface area contributed by atoms with E-state index in [4.69, 9.17) is 5.73 Å². The lowest BCUT2D eigenvalue weighted by molar-refractivity contribution is -0.123. The van der Waals surface area contributed by atoms with Gasteiger partial charge in [-0.15, -0.1) is 5.10 Å². The molecule has 138 valence electrons. The molecule has 1 aliphatic heterocycles. The number of benzene rings is 1. The first-order valence-corrected chi connectivity index (χ1v) is 8.88. The molecule has 2 N–H and O–H groups in total. The number of nitrogens with zero attached hydrogens (tertiary/aromatic N) is 5. The normalized spacial score (nSPS) is 15.0. The van der Waals surface area contributed by atoms with E-state index in [2.05, 4.69) is 10.3 Å². The van der Waals surface area contributed by atoms with E-state index in [1.165, 1.54) is 0 Å². The summed E-state index contributed by atoms with van der Waals surface area (Å²) in [5.41, 5.74) is 6.49. The van der Waals surface area contributed by atoms with Gasteiger partial charge in [-0.05, 0) is 37.1 Å². The fourth-order valence-corrected chi connectivity index (χ4v) is 3.38. The highest BCUT2D eigenvalue weighted by Crippen LogP contribution is 2.22. The van der Waals surface area contributed by atoms with Crippen molar-refractivity contribution in [3.63, 3.8) is 0 Å². The lowest BCUT2D eigenvalue weighted by Gasteiger charge is -2.30. The maximum atomic E-state index is 13.1. The van der Waals surface area contributed by atoms with E-state index >= 15 is 0 Å². The molecule has 0 radical (unpaired) electrons. The van der Waals surface area contributed by atoms with Crippen molar-refractivity contribution >= 4 is 11.8 Å². The van der Waals surface area contributed by atoms with Crippen LogP contribution in [-0.2, 0) is 4.79 Å². The van der Waals surface area contributed by atoms with Crippen LogP contribution in [0.1, 0.15) is 23.3 Å². The van der Waals surface area contributed by atoms with Crippen LogP contribution in [0.5, 0.6) is 0 Å². The number of amides is 2. The molecule has 1 saturated heterocycles. The Morgan fingerprint density at radius 1 is 1.00 bits per heavy atom. The van der Waals surface area contributed by atoms with Crippen LogP contribution in [0.15, 0.2) is 54.9 Å². The fraction of sp³-hybridized carbons (Fsp3) is 0.263. The molecule has 0 saturated carbocycles. The van der Waals surface area contributed by atoms with Crippen molar-refractivity contribution < 1.29 is 9.59 Å². The van der Waals surface area contributed by atoms with E-state index in [0.717, 1.165) is 5.69 Å². The molecule has 4 rings (SSSR count). The number of nitrogens with two attached hydrogens (primary N) is 1. The van der Waals surface area contributed by atoms with Crippen molar-refractivity contribution in [2.45, 2.75) is 12.8 Å². The Bertz CT molecular complexity index is 940. The molecule has 0 unspecified atom stereocenters. The topological polar surface area (TPSA) is 99.0 Å². The van der Waals surface area contributed by atoms with E-state index in [1.54, 1.807) is 9.58 Å². The highest BCUT2D eigenvalue weighted by atomic mass is 16.2. The number of para-hydroxylation sites is 1. The van der Waals surface area contributed by atoms with E-state index in [9.17, 15) is 9.59 Å². The third-order valence-electron chi connectivity index (χ3n) is 4.88. The van der Waals surface area contributed by atoms with Gasteiger partial charge in [-0.25, -0.2) is 0 Å². The summed E-state index contributed by atoms with van der Waals surface area (Å²) in [5, 5.41) is 8.41. The Labute approximate surface area is 156 Å². The van der Waals surface area contributed by atoms with Crippen LogP contribution < -0.4 is 5.73 Å². The average Bonchev–Trinajstić information content (AvgIpc) is 3.37. The van der Waals surface area contributed by atoms with Crippen LogP contribution in [0.25, 0.3) is 11.5 Å². The number of hydrogen-bond donors (Lipinski definition) is 1. The molecule has 0 bridgehead atoms. The largest absolute Gasteiger partial charge is 0.369 e. The summed E-state index contributed by atoms with van der Waals surface area (Å²) < 4.78 is 3.49. The van der Waals surface area contributed by atoms with Gasteiger partial charge in [0.25, 0.3) is 5.91 Å². The monoisotopic (exact) mass is 364 g/mol. The van der Waals surface area contributed by atoms with Crippen LogP contribution in [0.2, 0.25) is 0 Å². The zero-order valence-corrected chi connectivity index (χ0v) is 14.7. The van der Waals surface area contributed by atoms with Gasteiger partial charge in [0, 0.05) is 31.4 Å². The molecule has 2 aromatic heterocycles. The Morgan fingerprint density at radius 2 is 1.67 bits per heavy atom. The first-order valence-electron chi connectivity index (χ1n) is 8.88. The standard InChI is InChI=1S/C19H20N6O2/c20-17(26)14-8-12-24(13-9-14)19(27)16-18(23-10-4-5-11-23)25(22-21-16)15-6-2-1-3-7-15/h1-7,10-11,14H,8-9,12-13H2,(H2,20,26). The predicted molar refractivity (Wildman–Crippen MR) is 98.5 cm³/mol. The number of carbonyl (C=O) groups is 2. The molecule has 3 heterocycles. The third kappa shape index (κ3) is 3.21. The molecule has 27 heavy (non-hydrogen) atoms. The first-order chi connectivity index (χ1) is 13.1. The minimum atomic E-state index is -0.301. The summed E-state index contributed by atoms with van der Waals surface area (Å²) in [6, 6.07) is 13.3. The molecule has 0 spiro atoms. The molecule has 0 aliphatic carbocycles. The van der Waals surface area contributed by atoms with Crippen molar-refractivity contribution in [3.05, 3.63) is 60.6 Å². The van der Waals surface area contributed by atoms with E-state index in [0.29, 0.717) is 31.7 Å². The summed E-state index contributed by atoms with van der Waals surface area (Å²) in [6.45, 7) is 0.964. The van der Waals surface area contributed by atoms with Crippen LogP contribution in [0.3, 0.4) is 0 Å². The van der Waals surface area contributed by atoms with Gasteiger partial charge in [-0.2, -0.15) is 4.68 Å². The minimum absolute atomic E-state index is 0.169. The van der Waals surface area contributed by atoms with Crippen molar-refractivity contribution in [3.8, 4) is 11.5 Å². The number of aromatic nitrogens is 4. The number of rotatable bonds is 4. The molecule has 1 fully saturated rings. The van der Waals surface area contributed by atoms with Crippen LogP contribution in [-0.4, -0.2) is 49.4 Å². The summed E-state index contributed by atoms with van der Waals surface area (Å²) in [5.74, 6) is -0.0693. The Hall–Kier alpha value is -3.42. The van der Waals surface area contributed by atoms with Crippen LogP contribution in [0.4, 0.5) is 0 Å². The second-order valence-corrected chi connectivity index (χ2v) is 6.57. The van der Waals surface area contributed by atoms with E-state index in [-0.39, 0.29) is 23.4 Å². The summed E-state index contributed by atoms with van der Waals surface area (Å²) >= 11 is 0. The van der Waals surface area contributed by atoms with Crippen molar-refractivity contribution in [1.82, 2.24) is 24.5 Å². The number of likely N-dealkylation sites (tertiary alicyclic amines) is 1. The molecular formula is C19H20N6O2. The smallest absolute Gasteiger partial charge is 0.278 e. The van der Waals surface area contributed by atoms with Crippen LogP contribution >= 0.6 is 0 Å². The zero-order chi connectivity index (χ0) is 18.8. The number of hydrogen-bond acceptors (Lipinski definition) is 4. The minimum Gasteiger partial charge on any atom is -0.369 e. The predicted octanol–water partition coefficient (Wildman–Crippen LogP) is 1.40. The first kappa shape index (κ1) is 17.0. The van der Waals surface area contributed by atoms with Gasteiger partial charge >= 0.3 is 0 Å². The number of piperidine rings is 1. The zero-order valence-electron chi connectivity index (χ0n) is 14.7. The third-order valence-corrected chi connectivity index (χ3v) is 4.88. The number of carbonyl (C=O) groups excluding carboxylic acids is 2. The quantitative estimate of drug-likeness (QED) is 0.756. The molecular weight excluding hydrogens is 344 g/mol. The second-order valence-electron chi connectivity index (χ2n) is 6.57. The Morgan fingerprint density at radius 3 is 2.30 bits per heavy atom. The van der Waals surface area contributed by atoms with Crippen molar-refractivity contribution in [1.29, 1.82) is 0 Å². The molecule has 3 aromatic rings. The summed E-state index contributed by atoms with van der Waals surface area (Å²) in [7, 11) is 0. The van der Waals surface area contributed by atoms with Gasteiger partial charge in [0.1, 0.15) is 0 Å². The van der Waals surface area contributed by atoms with E-state index < -0.39 is 0 Å². The maximum absolute atomic E-state index is 13.1. The van der Waals surface area contributed by atoms with Crippen molar-refractivity contribution in [2.24, 2.45) is 11.7 Å². The van der Waals surface area contributed by atoms with Gasteiger partial charge in [-0.1, -0.05) is 23.4 Å². The summed E-state index contributed by atoms with van der Waals surface area (Å²) in [4.78, 5) is 26.2. The molecule has 1 aromatic carbocycles. The SMILES string of the molecule is NC(=O)C1CCN(C(=O)c2nnn(-c3ccccc3)c2-n2cccc2)CC1.